The van der Waals surface area contributed by atoms with Gasteiger partial charge in [-0.2, -0.15) is 5.26 Å². The number of carbonyl (C=O) groups is 1. The number of rotatable bonds is 2. The Labute approximate surface area is 95.4 Å². The minimum atomic E-state index is -1.02. The molecule has 16 heavy (non-hydrogen) atoms. The summed E-state index contributed by atoms with van der Waals surface area (Å²) in [6, 6.07) is 8.95. The summed E-state index contributed by atoms with van der Waals surface area (Å²) in [5, 5.41) is 17.4. The van der Waals surface area contributed by atoms with E-state index in [1.807, 2.05) is 6.07 Å². The third-order valence-corrected chi connectivity index (χ3v) is 3.02. The van der Waals surface area contributed by atoms with E-state index < -0.39 is 5.97 Å². The van der Waals surface area contributed by atoms with E-state index in [4.69, 9.17) is 10.4 Å². The van der Waals surface area contributed by atoms with Crippen LogP contribution in [0.3, 0.4) is 0 Å². The second-order valence-corrected chi connectivity index (χ2v) is 4.05. The smallest absolute Gasteiger partial charge is 0.365 e. The largest absolute Gasteiger partial charge is 0.476 e. The molecule has 0 aliphatic heterocycles. The lowest BCUT2D eigenvalue weighted by molar-refractivity contribution is 0.0696. The van der Waals surface area contributed by atoms with E-state index in [1.165, 1.54) is 6.20 Å². The fourth-order valence-corrected chi connectivity index (χ4v) is 1.98. The number of benzene rings is 1. The van der Waals surface area contributed by atoms with Gasteiger partial charge in [-0.15, -0.1) is 11.3 Å². The highest BCUT2D eigenvalue weighted by atomic mass is 32.1. The maximum Gasteiger partial charge on any atom is 0.365 e. The Balaban J connectivity index is 2.36. The summed E-state index contributed by atoms with van der Waals surface area (Å²) in [6.07, 6.45) is 1.52. The number of aromatic carboxylic acids is 1. The average Bonchev–Trinajstić information content (AvgIpc) is 2.78. The Hall–Kier alpha value is -2.19. The third kappa shape index (κ3) is 1.92. The lowest BCUT2D eigenvalue weighted by Crippen LogP contribution is -1.92. The summed E-state index contributed by atoms with van der Waals surface area (Å²) in [5.74, 6) is -1.02. The van der Waals surface area contributed by atoms with Gasteiger partial charge in [0.2, 0.25) is 5.01 Å². The van der Waals surface area contributed by atoms with Gasteiger partial charge in [-0.1, -0.05) is 12.1 Å². The summed E-state index contributed by atoms with van der Waals surface area (Å²) in [5.41, 5.74) is 1.44. The fourth-order valence-electron chi connectivity index (χ4n) is 1.22. The first-order valence-corrected chi connectivity index (χ1v) is 5.22. The molecule has 4 nitrogen and oxygen atoms in total. The Morgan fingerprint density at radius 1 is 1.38 bits per heavy atom. The first-order chi connectivity index (χ1) is 7.70. The third-order valence-electron chi connectivity index (χ3n) is 1.99. The van der Waals surface area contributed by atoms with Crippen LogP contribution in [0.1, 0.15) is 15.4 Å². The van der Waals surface area contributed by atoms with E-state index in [2.05, 4.69) is 4.98 Å². The van der Waals surface area contributed by atoms with Gasteiger partial charge in [0.15, 0.2) is 0 Å². The normalized spacial score (nSPS) is 9.69. The summed E-state index contributed by atoms with van der Waals surface area (Å²) in [4.78, 5) is 15.2. The van der Waals surface area contributed by atoms with Crippen LogP contribution in [-0.4, -0.2) is 16.1 Å². The number of nitriles is 1. The Morgan fingerprint density at radius 2 is 2.06 bits per heavy atom. The van der Waals surface area contributed by atoms with Gasteiger partial charge in [0.1, 0.15) is 0 Å². The van der Waals surface area contributed by atoms with Crippen LogP contribution in [0.15, 0.2) is 30.5 Å². The Bertz CT molecular complexity index is 566. The molecule has 0 saturated carbocycles. The van der Waals surface area contributed by atoms with Crippen LogP contribution >= 0.6 is 11.3 Å². The molecule has 0 spiro atoms. The van der Waals surface area contributed by atoms with Crippen molar-refractivity contribution in [3.8, 4) is 16.5 Å². The van der Waals surface area contributed by atoms with Crippen LogP contribution in [0.25, 0.3) is 10.4 Å². The van der Waals surface area contributed by atoms with Gasteiger partial charge in [0.25, 0.3) is 0 Å². The number of carboxylic acid groups (broad SMARTS) is 1. The molecule has 0 fully saturated rings. The first kappa shape index (κ1) is 10.3. The SMILES string of the molecule is N#Cc1ccc(-c2cnc(C(=O)O)s2)cc1. The molecule has 0 radical (unpaired) electrons. The predicted octanol–water partition coefficient (Wildman–Crippen LogP) is 2.38. The Kier molecular flexibility index (Phi) is 2.66. The molecule has 1 aromatic heterocycles. The Morgan fingerprint density at radius 3 is 2.56 bits per heavy atom. The summed E-state index contributed by atoms with van der Waals surface area (Å²) >= 11 is 1.11. The lowest BCUT2D eigenvalue weighted by atomic mass is 10.1. The molecule has 78 valence electrons. The molecule has 1 heterocycles. The number of hydrogen-bond acceptors (Lipinski definition) is 4. The molecule has 1 N–H and O–H groups in total. The number of nitrogens with zero attached hydrogens (tertiary/aromatic N) is 2. The maximum atomic E-state index is 10.7. The lowest BCUT2D eigenvalue weighted by Gasteiger charge is -1.95. The summed E-state index contributed by atoms with van der Waals surface area (Å²) < 4.78 is 0. The van der Waals surface area contributed by atoms with E-state index in [9.17, 15) is 4.79 Å². The van der Waals surface area contributed by atoms with Crippen LogP contribution in [0.2, 0.25) is 0 Å². The van der Waals surface area contributed by atoms with Crippen molar-refractivity contribution < 1.29 is 9.90 Å². The topological polar surface area (TPSA) is 74.0 Å². The highest BCUT2D eigenvalue weighted by Gasteiger charge is 2.09. The zero-order valence-corrected chi connectivity index (χ0v) is 8.86. The molecule has 0 atom stereocenters. The van der Waals surface area contributed by atoms with Crippen molar-refractivity contribution in [2.45, 2.75) is 0 Å². The number of thiazole rings is 1. The average molecular weight is 230 g/mol. The van der Waals surface area contributed by atoms with Crippen LogP contribution in [0.5, 0.6) is 0 Å². The standard InChI is InChI=1S/C11H6N2O2S/c12-5-7-1-3-8(4-2-7)9-6-13-10(16-9)11(14)15/h1-4,6H,(H,14,15). The fraction of sp³-hybridized carbons (Fsp3) is 0. The molecule has 0 saturated heterocycles. The van der Waals surface area contributed by atoms with Crippen molar-refractivity contribution in [1.82, 2.24) is 4.98 Å². The van der Waals surface area contributed by atoms with Crippen molar-refractivity contribution in [3.05, 3.63) is 41.0 Å². The van der Waals surface area contributed by atoms with E-state index >= 15 is 0 Å². The first-order valence-electron chi connectivity index (χ1n) is 4.40. The molecular formula is C11H6N2O2S. The molecule has 0 unspecified atom stereocenters. The molecule has 0 amide bonds. The maximum absolute atomic E-state index is 10.7. The van der Waals surface area contributed by atoms with Crippen LogP contribution < -0.4 is 0 Å². The highest BCUT2D eigenvalue weighted by molar-refractivity contribution is 7.16. The molecular weight excluding hydrogens is 224 g/mol. The van der Waals surface area contributed by atoms with Gasteiger partial charge in [-0.05, 0) is 17.7 Å². The second-order valence-electron chi connectivity index (χ2n) is 3.02. The van der Waals surface area contributed by atoms with Gasteiger partial charge in [-0.25, -0.2) is 9.78 Å². The van der Waals surface area contributed by atoms with E-state index in [0.717, 1.165) is 21.8 Å². The highest BCUT2D eigenvalue weighted by Crippen LogP contribution is 2.26. The van der Waals surface area contributed by atoms with E-state index in [1.54, 1.807) is 24.3 Å². The monoisotopic (exact) mass is 230 g/mol. The zero-order valence-electron chi connectivity index (χ0n) is 8.04. The van der Waals surface area contributed by atoms with Gasteiger partial charge in [-0.3, -0.25) is 0 Å². The van der Waals surface area contributed by atoms with E-state index in [0.29, 0.717) is 5.56 Å². The second kappa shape index (κ2) is 4.13. The molecule has 2 aromatic rings. The van der Waals surface area contributed by atoms with Crippen LogP contribution in [-0.2, 0) is 0 Å². The summed E-state index contributed by atoms with van der Waals surface area (Å²) in [7, 11) is 0. The quantitative estimate of drug-likeness (QED) is 0.859. The summed E-state index contributed by atoms with van der Waals surface area (Å²) in [6.45, 7) is 0. The van der Waals surface area contributed by atoms with Crippen molar-refractivity contribution in [1.29, 1.82) is 5.26 Å². The molecule has 5 heteroatoms. The number of hydrogen-bond donors (Lipinski definition) is 1. The molecule has 0 aliphatic rings. The molecule has 1 aromatic carbocycles. The molecule has 0 aliphatic carbocycles. The minimum Gasteiger partial charge on any atom is -0.476 e. The molecule has 0 bridgehead atoms. The van der Waals surface area contributed by atoms with Gasteiger partial charge in [0, 0.05) is 6.20 Å². The predicted molar refractivity (Wildman–Crippen MR) is 59.2 cm³/mol. The minimum absolute atomic E-state index is 0.0689. The van der Waals surface area contributed by atoms with Gasteiger partial charge < -0.3 is 5.11 Å². The van der Waals surface area contributed by atoms with Crippen molar-refractivity contribution >= 4 is 17.3 Å². The number of aromatic nitrogens is 1. The molecule has 2 rings (SSSR count). The van der Waals surface area contributed by atoms with Gasteiger partial charge in [0.05, 0.1) is 16.5 Å². The van der Waals surface area contributed by atoms with Crippen molar-refractivity contribution in [2.75, 3.05) is 0 Å². The van der Waals surface area contributed by atoms with Crippen LogP contribution in [0.4, 0.5) is 0 Å². The van der Waals surface area contributed by atoms with Crippen molar-refractivity contribution in [2.24, 2.45) is 0 Å². The van der Waals surface area contributed by atoms with Crippen LogP contribution in [0, 0.1) is 11.3 Å². The van der Waals surface area contributed by atoms with Gasteiger partial charge >= 0.3 is 5.97 Å². The van der Waals surface area contributed by atoms with Crippen molar-refractivity contribution in [3.63, 3.8) is 0 Å². The van der Waals surface area contributed by atoms with E-state index in [-0.39, 0.29) is 5.01 Å². The number of carboxylic acids is 1. The zero-order chi connectivity index (χ0) is 11.5.